The second kappa shape index (κ2) is 8.31. The van der Waals surface area contributed by atoms with Gasteiger partial charge in [-0.25, -0.2) is 4.98 Å². The number of hydrogen-bond donors (Lipinski definition) is 2. The number of nitrogens with zero attached hydrogens (tertiary/aromatic N) is 4. The average Bonchev–Trinajstić information content (AvgIpc) is 3.08. The van der Waals surface area contributed by atoms with Gasteiger partial charge in [0.1, 0.15) is 11.9 Å². The minimum Gasteiger partial charge on any atom is -0.368 e. The zero-order chi connectivity index (χ0) is 20.4. The molecular weight excluding hydrogens is 364 g/mol. The molecule has 0 saturated heterocycles. The lowest BCUT2D eigenvalue weighted by atomic mass is 9.91. The predicted molar refractivity (Wildman–Crippen MR) is 113 cm³/mol. The Morgan fingerprint density at radius 2 is 2.14 bits per heavy atom. The molecule has 0 saturated carbocycles. The van der Waals surface area contributed by atoms with Crippen LogP contribution in [0.5, 0.6) is 0 Å². The normalized spacial score (nSPS) is 17.4. The van der Waals surface area contributed by atoms with Crippen LogP contribution < -0.4 is 11.5 Å². The molecule has 1 aliphatic rings. The summed E-state index contributed by atoms with van der Waals surface area (Å²) in [5.74, 6) is 0.446. The van der Waals surface area contributed by atoms with Crippen LogP contribution in [0.3, 0.4) is 0 Å². The molecule has 1 aliphatic carbocycles. The van der Waals surface area contributed by atoms with E-state index in [1.54, 1.807) is 0 Å². The van der Waals surface area contributed by atoms with Crippen molar-refractivity contribution in [1.82, 2.24) is 19.4 Å². The van der Waals surface area contributed by atoms with Gasteiger partial charge in [0.05, 0.1) is 29.3 Å². The summed E-state index contributed by atoms with van der Waals surface area (Å²) in [4.78, 5) is 24.0. The monoisotopic (exact) mass is 392 g/mol. The first-order valence-electron chi connectivity index (χ1n) is 10.2. The van der Waals surface area contributed by atoms with Crippen molar-refractivity contribution >= 4 is 16.9 Å². The van der Waals surface area contributed by atoms with Crippen molar-refractivity contribution in [3.05, 3.63) is 59.7 Å². The molecule has 0 radical (unpaired) electrons. The number of carbonyl (C=O) groups is 1. The zero-order valence-corrected chi connectivity index (χ0v) is 16.8. The maximum Gasteiger partial charge on any atom is 0.240 e. The maximum atomic E-state index is 12.2. The molecule has 0 aliphatic heterocycles. The Kier molecular flexibility index (Phi) is 5.60. The van der Waals surface area contributed by atoms with Crippen molar-refractivity contribution in [2.75, 3.05) is 13.6 Å². The highest BCUT2D eigenvalue weighted by Crippen LogP contribution is 2.33. The third kappa shape index (κ3) is 3.75. The van der Waals surface area contributed by atoms with Gasteiger partial charge in [-0.1, -0.05) is 18.2 Å². The fourth-order valence-electron chi connectivity index (χ4n) is 4.46. The Morgan fingerprint density at radius 3 is 2.93 bits per heavy atom. The number of fused-ring (bicyclic) bond motifs is 2. The summed E-state index contributed by atoms with van der Waals surface area (Å²) in [5, 5.41) is 0. The first kappa shape index (κ1) is 19.5. The minimum absolute atomic E-state index is 0.231. The van der Waals surface area contributed by atoms with Gasteiger partial charge < -0.3 is 16.0 Å². The van der Waals surface area contributed by atoms with Crippen LogP contribution >= 0.6 is 0 Å². The minimum atomic E-state index is -0.507. The largest absolute Gasteiger partial charge is 0.368 e. The van der Waals surface area contributed by atoms with Crippen molar-refractivity contribution in [1.29, 1.82) is 0 Å². The molecule has 2 heterocycles. The lowest BCUT2D eigenvalue weighted by Gasteiger charge is -2.32. The number of benzene rings is 1. The molecule has 7 heteroatoms. The van der Waals surface area contributed by atoms with E-state index in [4.69, 9.17) is 16.5 Å². The molecule has 152 valence electrons. The second-order valence-corrected chi connectivity index (χ2v) is 7.75. The van der Waals surface area contributed by atoms with Crippen LogP contribution in [0.1, 0.15) is 48.4 Å². The summed E-state index contributed by atoms with van der Waals surface area (Å²) >= 11 is 0. The third-order valence-electron chi connectivity index (χ3n) is 5.84. The quantitative estimate of drug-likeness (QED) is 0.642. The molecule has 0 fully saturated rings. The average molecular weight is 393 g/mol. The van der Waals surface area contributed by atoms with Crippen molar-refractivity contribution in [2.45, 2.75) is 44.3 Å². The molecule has 1 amide bonds. The number of nitrogens with two attached hydrogens (primary N) is 2. The number of pyridine rings is 1. The highest BCUT2D eigenvalue weighted by atomic mass is 16.1. The number of para-hydroxylation sites is 2. The van der Waals surface area contributed by atoms with Crippen LogP contribution in [0.4, 0.5) is 0 Å². The number of amides is 1. The molecule has 29 heavy (non-hydrogen) atoms. The number of rotatable bonds is 7. The van der Waals surface area contributed by atoms with E-state index >= 15 is 0 Å². The van der Waals surface area contributed by atoms with E-state index in [2.05, 4.69) is 23.0 Å². The number of imidazole rings is 1. The molecule has 2 aromatic heterocycles. The summed E-state index contributed by atoms with van der Waals surface area (Å²) in [6.07, 6.45) is 5.63. The van der Waals surface area contributed by atoms with Gasteiger partial charge in [0.15, 0.2) is 0 Å². The highest BCUT2D eigenvalue weighted by molar-refractivity contribution is 5.83. The highest BCUT2D eigenvalue weighted by Gasteiger charge is 2.28. The molecule has 2 atom stereocenters. The fraction of sp³-hybridized carbons (Fsp3) is 0.409. The van der Waals surface area contributed by atoms with E-state index in [1.807, 2.05) is 41.1 Å². The predicted octanol–water partition coefficient (Wildman–Crippen LogP) is 2.32. The van der Waals surface area contributed by atoms with Gasteiger partial charge in [0.2, 0.25) is 5.91 Å². The first-order valence-corrected chi connectivity index (χ1v) is 10.2. The Bertz CT molecular complexity index is 1010. The lowest BCUT2D eigenvalue weighted by molar-refractivity contribution is -0.121. The summed E-state index contributed by atoms with van der Waals surface area (Å²) in [7, 11) is 2.10. The molecular formula is C22H28N6O. The van der Waals surface area contributed by atoms with E-state index in [0.717, 1.165) is 41.8 Å². The Balaban J connectivity index is 1.71. The van der Waals surface area contributed by atoms with E-state index < -0.39 is 6.04 Å². The number of carbonyl (C=O) groups excluding carboxylic acids is 1. The SMILES string of the molecule is CN(Cc1nc2ccccc2n1C(CCN)C(N)=O)C1CCCc2cccnc21. The number of primary amides is 1. The number of hydrogen-bond acceptors (Lipinski definition) is 5. The van der Waals surface area contributed by atoms with E-state index in [1.165, 1.54) is 5.56 Å². The van der Waals surface area contributed by atoms with E-state index in [-0.39, 0.29) is 11.9 Å². The van der Waals surface area contributed by atoms with Gasteiger partial charge >= 0.3 is 0 Å². The maximum absolute atomic E-state index is 12.2. The molecule has 7 nitrogen and oxygen atoms in total. The van der Waals surface area contributed by atoms with Crippen molar-refractivity contribution in [2.24, 2.45) is 11.5 Å². The lowest BCUT2D eigenvalue weighted by Crippen LogP contribution is -2.33. The molecule has 0 spiro atoms. The summed E-state index contributed by atoms with van der Waals surface area (Å²) in [6, 6.07) is 11.8. The molecule has 1 aromatic carbocycles. The van der Waals surface area contributed by atoms with Crippen molar-refractivity contribution in [3.63, 3.8) is 0 Å². The summed E-state index contributed by atoms with van der Waals surface area (Å²) in [5.41, 5.74) is 15.8. The first-order chi connectivity index (χ1) is 14.1. The van der Waals surface area contributed by atoms with Gasteiger partial charge in [0, 0.05) is 6.20 Å². The zero-order valence-electron chi connectivity index (χ0n) is 16.8. The van der Waals surface area contributed by atoms with Crippen LogP contribution in [0.2, 0.25) is 0 Å². The Hall–Kier alpha value is -2.77. The summed E-state index contributed by atoms with van der Waals surface area (Å²) in [6.45, 7) is 0.985. The van der Waals surface area contributed by atoms with E-state index in [0.29, 0.717) is 19.5 Å². The fourth-order valence-corrected chi connectivity index (χ4v) is 4.46. The number of aromatic nitrogens is 3. The van der Waals surface area contributed by atoms with Crippen molar-refractivity contribution < 1.29 is 4.79 Å². The Morgan fingerprint density at radius 1 is 1.31 bits per heavy atom. The van der Waals surface area contributed by atoms with Crippen LogP contribution in [-0.4, -0.2) is 38.9 Å². The topological polar surface area (TPSA) is 103 Å². The molecule has 2 unspecified atom stereocenters. The Labute approximate surface area is 170 Å². The molecule has 3 aromatic rings. The summed E-state index contributed by atoms with van der Waals surface area (Å²) < 4.78 is 1.98. The van der Waals surface area contributed by atoms with E-state index in [9.17, 15) is 4.79 Å². The van der Waals surface area contributed by atoms with Crippen LogP contribution in [0.15, 0.2) is 42.6 Å². The van der Waals surface area contributed by atoms with Crippen LogP contribution in [-0.2, 0) is 17.8 Å². The van der Waals surface area contributed by atoms with Gasteiger partial charge in [-0.2, -0.15) is 0 Å². The standard InChI is InChI=1S/C22H28N6O/c1-27(18-10-4-6-15-7-5-13-25-21(15)18)14-20-26-16-8-2-3-9-17(16)28(20)19(11-12-23)22(24)29/h2-3,5,7-9,13,18-19H,4,6,10-12,14,23H2,1H3,(H2,24,29). The third-order valence-corrected chi connectivity index (χ3v) is 5.84. The smallest absolute Gasteiger partial charge is 0.240 e. The van der Waals surface area contributed by atoms with Gasteiger partial charge in [-0.15, -0.1) is 0 Å². The molecule has 4 rings (SSSR count). The van der Waals surface area contributed by atoms with Gasteiger partial charge in [0.25, 0.3) is 0 Å². The van der Waals surface area contributed by atoms with Crippen LogP contribution in [0.25, 0.3) is 11.0 Å². The van der Waals surface area contributed by atoms with Gasteiger partial charge in [-0.05, 0) is 63.0 Å². The molecule has 4 N–H and O–H groups in total. The van der Waals surface area contributed by atoms with Gasteiger partial charge in [-0.3, -0.25) is 14.7 Å². The van der Waals surface area contributed by atoms with Crippen LogP contribution in [0, 0.1) is 0 Å². The van der Waals surface area contributed by atoms with Crippen molar-refractivity contribution in [3.8, 4) is 0 Å². The number of aryl methyl sites for hydroxylation is 1. The second-order valence-electron chi connectivity index (χ2n) is 7.75. The molecule has 0 bridgehead atoms.